The van der Waals surface area contributed by atoms with Crippen molar-refractivity contribution in [1.29, 1.82) is 0 Å². The van der Waals surface area contributed by atoms with E-state index in [0.29, 0.717) is 28.6 Å². The van der Waals surface area contributed by atoms with Gasteiger partial charge in [-0.1, -0.05) is 23.7 Å². The average molecular weight is 343 g/mol. The van der Waals surface area contributed by atoms with E-state index in [1.165, 1.54) is 11.9 Å². The molecule has 0 saturated carbocycles. The first kappa shape index (κ1) is 14.1. The van der Waals surface area contributed by atoms with Crippen LogP contribution in [0.25, 0.3) is 0 Å². The number of rotatable bonds is 5. The Hall–Kier alpha value is -1.33. The summed E-state index contributed by atoms with van der Waals surface area (Å²) in [4.78, 5) is 7.95. The van der Waals surface area contributed by atoms with E-state index in [-0.39, 0.29) is 0 Å². The Bertz CT molecular complexity index is 565. The van der Waals surface area contributed by atoms with Crippen molar-refractivity contribution in [2.75, 3.05) is 18.5 Å². The summed E-state index contributed by atoms with van der Waals surface area (Å²) in [5.74, 6) is 1.52. The number of aryl methyl sites for hydroxylation is 1. The number of benzene rings is 1. The van der Waals surface area contributed by atoms with E-state index >= 15 is 0 Å². The molecule has 0 spiro atoms. The van der Waals surface area contributed by atoms with Crippen LogP contribution in [-0.4, -0.2) is 23.1 Å². The molecule has 0 saturated heterocycles. The molecule has 1 N–H and O–H groups in total. The first-order chi connectivity index (χ1) is 9.16. The Labute approximate surface area is 125 Å². The molecule has 0 radical (unpaired) electrons. The molecule has 4 nitrogen and oxygen atoms in total. The van der Waals surface area contributed by atoms with Crippen LogP contribution < -0.4 is 10.1 Å². The Morgan fingerprint density at radius 1 is 1.37 bits per heavy atom. The van der Waals surface area contributed by atoms with E-state index in [9.17, 15) is 0 Å². The number of hydrogen-bond acceptors (Lipinski definition) is 4. The SMILES string of the molecule is Cc1cccc(OCCNc2ncnc(Cl)c2Br)c1. The lowest BCUT2D eigenvalue weighted by Gasteiger charge is -2.09. The molecule has 0 bridgehead atoms. The summed E-state index contributed by atoms with van der Waals surface area (Å²) in [6.07, 6.45) is 1.41. The molecule has 0 aliphatic carbocycles. The minimum absolute atomic E-state index is 0.386. The summed E-state index contributed by atoms with van der Waals surface area (Å²) in [5, 5.41) is 3.52. The van der Waals surface area contributed by atoms with Crippen LogP contribution in [0.3, 0.4) is 0 Å². The third-order valence-corrected chi connectivity index (χ3v) is 3.67. The van der Waals surface area contributed by atoms with Crippen LogP contribution in [-0.2, 0) is 0 Å². The maximum Gasteiger partial charge on any atom is 0.148 e. The Morgan fingerprint density at radius 3 is 3.00 bits per heavy atom. The predicted octanol–water partition coefficient (Wildman–Crippen LogP) is 3.69. The van der Waals surface area contributed by atoms with E-state index in [4.69, 9.17) is 16.3 Å². The van der Waals surface area contributed by atoms with Crippen LogP contribution in [0.4, 0.5) is 5.82 Å². The van der Waals surface area contributed by atoms with Crippen LogP contribution in [0.15, 0.2) is 35.1 Å². The number of anilines is 1. The van der Waals surface area contributed by atoms with Crippen molar-refractivity contribution < 1.29 is 4.74 Å². The van der Waals surface area contributed by atoms with Crippen molar-refractivity contribution in [2.45, 2.75) is 6.92 Å². The molecular weight excluding hydrogens is 330 g/mol. The van der Waals surface area contributed by atoms with Crippen molar-refractivity contribution in [3.05, 3.63) is 45.8 Å². The lowest BCUT2D eigenvalue weighted by atomic mass is 10.2. The minimum atomic E-state index is 0.386. The number of aromatic nitrogens is 2. The molecule has 100 valence electrons. The molecule has 1 aromatic carbocycles. The number of nitrogens with one attached hydrogen (secondary N) is 1. The smallest absolute Gasteiger partial charge is 0.148 e. The molecule has 0 aliphatic rings. The zero-order valence-corrected chi connectivity index (χ0v) is 12.7. The molecule has 0 fully saturated rings. The Morgan fingerprint density at radius 2 is 2.21 bits per heavy atom. The van der Waals surface area contributed by atoms with Gasteiger partial charge in [0.05, 0.1) is 11.0 Å². The van der Waals surface area contributed by atoms with Crippen molar-refractivity contribution in [2.24, 2.45) is 0 Å². The van der Waals surface area contributed by atoms with E-state index in [2.05, 4.69) is 31.2 Å². The van der Waals surface area contributed by atoms with E-state index in [0.717, 1.165) is 5.75 Å². The molecule has 2 aromatic rings. The monoisotopic (exact) mass is 341 g/mol. The zero-order chi connectivity index (χ0) is 13.7. The van der Waals surface area contributed by atoms with Crippen molar-refractivity contribution in [3.63, 3.8) is 0 Å². The van der Waals surface area contributed by atoms with Gasteiger partial charge in [0.2, 0.25) is 0 Å². The van der Waals surface area contributed by atoms with Crippen LogP contribution in [0, 0.1) is 6.92 Å². The number of ether oxygens (including phenoxy) is 1. The van der Waals surface area contributed by atoms with Gasteiger partial charge in [0.25, 0.3) is 0 Å². The zero-order valence-electron chi connectivity index (χ0n) is 10.4. The average Bonchev–Trinajstić information content (AvgIpc) is 2.39. The highest BCUT2D eigenvalue weighted by Crippen LogP contribution is 2.25. The van der Waals surface area contributed by atoms with Gasteiger partial charge in [0.1, 0.15) is 29.7 Å². The van der Waals surface area contributed by atoms with Crippen molar-refractivity contribution >= 4 is 33.3 Å². The lowest BCUT2D eigenvalue weighted by molar-refractivity contribution is 0.332. The fraction of sp³-hybridized carbons (Fsp3) is 0.231. The van der Waals surface area contributed by atoms with Gasteiger partial charge in [-0.05, 0) is 40.5 Å². The molecule has 0 atom stereocenters. The normalized spacial score (nSPS) is 10.3. The van der Waals surface area contributed by atoms with E-state index < -0.39 is 0 Å². The number of hydrogen-bond donors (Lipinski definition) is 1. The van der Waals surface area contributed by atoms with Crippen LogP contribution in [0.2, 0.25) is 5.15 Å². The highest BCUT2D eigenvalue weighted by atomic mass is 79.9. The Kier molecular flexibility index (Phi) is 4.99. The Balaban J connectivity index is 1.82. The van der Waals surface area contributed by atoms with Gasteiger partial charge in [-0.15, -0.1) is 0 Å². The summed E-state index contributed by atoms with van der Waals surface area (Å²) >= 11 is 9.20. The summed E-state index contributed by atoms with van der Waals surface area (Å²) in [6.45, 7) is 3.20. The highest BCUT2D eigenvalue weighted by molar-refractivity contribution is 9.10. The van der Waals surface area contributed by atoms with E-state index in [1.807, 2.05) is 31.2 Å². The van der Waals surface area contributed by atoms with E-state index in [1.54, 1.807) is 0 Å². The summed E-state index contributed by atoms with van der Waals surface area (Å²) < 4.78 is 6.28. The first-order valence-electron chi connectivity index (χ1n) is 5.76. The number of nitrogens with zero attached hydrogens (tertiary/aromatic N) is 2. The second-order valence-corrected chi connectivity index (χ2v) is 5.07. The quantitative estimate of drug-likeness (QED) is 0.665. The third-order valence-electron chi connectivity index (χ3n) is 2.40. The second-order valence-electron chi connectivity index (χ2n) is 3.92. The fourth-order valence-electron chi connectivity index (χ4n) is 1.52. The topological polar surface area (TPSA) is 47.0 Å². The van der Waals surface area contributed by atoms with Crippen LogP contribution in [0.1, 0.15) is 5.56 Å². The largest absolute Gasteiger partial charge is 0.492 e. The molecule has 19 heavy (non-hydrogen) atoms. The lowest BCUT2D eigenvalue weighted by Crippen LogP contribution is -2.13. The van der Waals surface area contributed by atoms with Crippen LogP contribution in [0.5, 0.6) is 5.75 Å². The summed E-state index contributed by atoms with van der Waals surface area (Å²) in [7, 11) is 0. The van der Waals surface area contributed by atoms with Gasteiger partial charge in [-0.25, -0.2) is 9.97 Å². The highest BCUT2D eigenvalue weighted by Gasteiger charge is 2.05. The first-order valence-corrected chi connectivity index (χ1v) is 6.93. The van der Waals surface area contributed by atoms with Crippen LogP contribution >= 0.6 is 27.5 Å². The fourth-order valence-corrected chi connectivity index (χ4v) is 1.99. The molecule has 2 rings (SSSR count). The standard InChI is InChI=1S/C13H13BrClN3O/c1-9-3-2-4-10(7-9)19-6-5-16-13-11(14)12(15)17-8-18-13/h2-4,7-8H,5-6H2,1H3,(H,16,17,18). The second kappa shape index (κ2) is 6.73. The van der Waals surface area contributed by atoms with Gasteiger partial charge < -0.3 is 10.1 Å². The molecule has 0 aliphatic heterocycles. The maximum atomic E-state index is 5.87. The van der Waals surface area contributed by atoms with Gasteiger partial charge >= 0.3 is 0 Å². The van der Waals surface area contributed by atoms with Crippen molar-refractivity contribution in [3.8, 4) is 5.75 Å². The van der Waals surface area contributed by atoms with Gasteiger partial charge in [-0.2, -0.15) is 0 Å². The summed E-state index contributed by atoms with van der Waals surface area (Å²) in [5.41, 5.74) is 1.18. The van der Waals surface area contributed by atoms with Gasteiger partial charge in [0, 0.05) is 0 Å². The molecule has 0 amide bonds. The minimum Gasteiger partial charge on any atom is -0.492 e. The molecule has 6 heteroatoms. The molecule has 1 heterocycles. The van der Waals surface area contributed by atoms with Gasteiger partial charge in [0.15, 0.2) is 0 Å². The van der Waals surface area contributed by atoms with Gasteiger partial charge in [-0.3, -0.25) is 0 Å². The molecule has 1 aromatic heterocycles. The molecular formula is C13H13BrClN3O. The third kappa shape index (κ3) is 4.08. The van der Waals surface area contributed by atoms with Crippen molar-refractivity contribution in [1.82, 2.24) is 9.97 Å². The maximum absolute atomic E-state index is 5.87. The predicted molar refractivity (Wildman–Crippen MR) is 79.9 cm³/mol. The summed E-state index contributed by atoms with van der Waals surface area (Å²) in [6, 6.07) is 7.94. The molecule has 0 unspecified atom stereocenters. The number of halogens is 2.